The molecule has 0 saturated carbocycles. The molecule has 0 spiro atoms. The van der Waals surface area contributed by atoms with E-state index < -0.39 is 144 Å². The van der Waals surface area contributed by atoms with Gasteiger partial charge in [0.25, 0.3) is 0 Å². The van der Waals surface area contributed by atoms with Gasteiger partial charge in [-0.25, -0.2) is 87.8 Å². The fourth-order valence-corrected chi connectivity index (χ4v) is 6.40. The Morgan fingerprint density at radius 3 is 0.607 bits per heavy atom. The predicted octanol–water partition coefficient (Wildman–Crippen LogP) is 7.19. The van der Waals surface area contributed by atoms with E-state index in [2.05, 4.69) is 27.7 Å². The zero-order chi connectivity index (χ0) is 43.0. The molecule has 1 nitrogen and oxygen atoms in total. The normalized spacial score (nSPS) is 11.9. The van der Waals surface area contributed by atoms with Crippen molar-refractivity contribution in [1.82, 2.24) is 0 Å². The molecule has 0 unspecified atom stereocenters. The highest BCUT2D eigenvalue weighted by Crippen LogP contribution is 2.30. The minimum absolute atomic E-state index is 0.949. The van der Waals surface area contributed by atoms with Crippen LogP contribution in [0.25, 0.3) is 0 Å². The molecule has 22 heteroatoms. The molecule has 4 aromatic carbocycles. The highest BCUT2D eigenvalue weighted by atomic mass is 19.2. The number of halogens is 20. The molecule has 0 aliphatic carbocycles. The second-order valence-corrected chi connectivity index (χ2v) is 12.1. The summed E-state index contributed by atoms with van der Waals surface area (Å²) in [5.74, 6) is -70.5. The van der Waals surface area contributed by atoms with Gasteiger partial charge >= 0.3 is 0 Å². The van der Waals surface area contributed by atoms with E-state index in [1.165, 1.54) is 32.5 Å². The fraction of sp³-hybridized carbons (Fsp3) is 0.294. The Balaban J connectivity index is 0.000000665. The molecule has 0 saturated heterocycles. The van der Waals surface area contributed by atoms with Gasteiger partial charge in [-0.05, 0) is 26.7 Å². The molecule has 4 aromatic rings. The lowest BCUT2D eigenvalue weighted by Crippen LogP contribution is -3.12. The fourth-order valence-electron chi connectivity index (χ4n) is 6.40. The third-order valence-corrected chi connectivity index (χ3v) is 9.44. The molecule has 0 aliphatic rings. The number of rotatable bonds is 10. The molecule has 0 radical (unpaired) electrons. The molecule has 0 fully saturated rings. The molecule has 0 atom stereocenters. The summed E-state index contributed by atoms with van der Waals surface area (Å²) in [5, 5.41) is 0. The van der Waals surface area contributed by atoms with Crippen LogP contribution < -0.4 is 26.8 Å². The van der Waals surface area contributed by atoms with E-state index in [-0.39, 0.29) is 0 Å². The lowest BCUT2D eigenvalue weighted by Gasteiger charge is -2.44. The number of quaternary nitrogens is 1. The number of hydrogen-bond donors (Lipinski definition) is 1. The van der Waals surface area contributed by atoms with E-state index in [4.69, 9.17) is 0 Å². The van der Waals surface area contributed by atoms with Crippen LogP contribution >= 0.6 is 0 Å². The van der Waals surface area contributed by atoms with Gasteiger partial charge in [-0.15, -0.1) is 21.9 Å². The van der Waals surface area contributed by atoms with Crippen molar-refractivity contribution < 1.29 is 92.7 Å². The van der Waals surface area contributed by atoms with Crippen molar-refractivity contribution in [1.29, 1.82) is 0 Å². The van der Waals surface area contributed by atoms with Gasteiger partial charge in [-0.2, -0.15) is 0 Å². The molecule has 0 bridgehead atoms. The average Bonchev–Trinajstić information content (AvgIpc) is 3.18. The molecular weight excluding hydrogens is 813 g/mol. The molecule has 4 rings (SSSR count). The van der Waals surface area contributed by atoms with Crippen LogP contribution in [0, 0.1) is 122 Å². The summed E-state index contributed by atoms with van der Waals surface area (Å²) in [5.41, 5.74) is -14.3. The Labute approximate surface area is 303 Å². The highest BCUT2D eigenvalue weighted by Gasteiger charge is 2.52. The van der Waals surface area contributed by atoms with E-state index in [1.54, 1.807) is 4.90 Å². The van der Waals surface area contributed by atoms with Crippen molar-refractivity contribution in [3.05, 3.63) is 116 Å². The second kappa shape index (κ2) is 17.3. The quantitative estimate of drug-likeness (QED) is 0.0748. The zero-order valence-corrected chi connectivity index (χ0v) is 28.7. The van der Waals surface area contributed by atoms with Crippen molar-refractivity contribution in [3.8, 4) is 0 Å². The van der Waals surface area contributed by atoms with Crippen LogP contribution in [0.2, 0.25) is 0 Å². The zero-order valence-electron chi connectivity index (χ0n) is 28.7. The van der Waals surface area contributed by atoms with Gasteiger partial charge in [-0.3, -0.25) is 0 Å². The van der Waals surface area contributed by atoms with Crippen molar-refractivity contribution in [2.75, 3.05) is 19.6 Å². The maximum Gasteiger partial charge on any atom is 0.200 e. The summed E-state index contributed by atoms with van der Waals surface area (Å²) in [7, 11) is 0. The minimum Gasteiger partial charge on any atom is -0.335 e. The highest BCUT2D eigenvalue weighted by molar-refractivity contribution is 7.20. The van der Waals surface area contributed by atoms with Gasteiger partial charge in [0, 0.05) is 5.92 Å². The third kappa shape index (κ3) is 7.16. The van der Waals surface area contributed by atoms with Gasteiger partial charge in [0.05, 0.1) is 19.6 Å². The maximum absolute atomic E-state index is 15.4. The van der Waals surface area contributed by atoms with Crippen molar-refractivity contribution in [3.63, 3.8) is 0 Å². The Hall–Kier alpha value is -4.50. The molecule has 0 aliphatic heterocycles. The van der Waals surface area contributed by atoms with Crippen LogP contribution in [0.1, 0.15) is 40.5 Å². The van der Waals surface area contributed by atoms with E-state index in [1.807, 2.05) is 0 Å². The summed E-state index contributed by atoms with van der Waals surface area (Å²) >= 11 is 0. The monoisotopic (exact) mass is 837 g/mol. The Kier molecular flexibility index (Phi) is 14.2. The molecule has 1 N–H and O–H groups in total. The Morgan fingerprint density at radius 2 is 0.464 bits per heavy atom. The van der Waals surface area contributed by atoms with Gasteiger partial charge in [0.15, 0.2) is 69.8 Å². The first-order chi connectivity index (χ1) is 26.0. The largest absolute Gasteiger partial charge is 0.335 e. The Bertz CT molecular complexity index is 1760. The second-order valence-electron chi connectivity index (χ2n) is 12.1. The lowest BCUT2D eigenvalue weighted by atomic mass is 9.12. The average molecular weight is 837 g/mol. The standard InChI is InChI=1S/C24BF20.C10H23N/c26-5-1(6(27)14(35)21(42)13(5)34)25(2-7(28)15(36)22(43)16(37)8(2)29,3-9(30)17(38)23(44)18(39)10(3)31)4-11(32)19(40)24(45)20(41)12(4)33;1-5-10(6-2)9-11(7-3)8-4/h;10H,5-9H2,1-4H3/q-1;/p+1. The third-order valence-electron chi connectivity index (χ3n) is 9.44. The van der Waals surface area contributed by atoms with Gasteiger partial charge in [0.2, 0.25) is 0 Å². The van der Waals surface area contributed by atoms with Crippen molar-refractivity contribution in [2.24, 2.45) is 5.92 Å². The minimum atomic E-state index is -7.22. The topological polar surface area (TPSA) is 4.44 Å². The predicted molar refractivity (Wildman–Crippen MR) is 160 cm³/mol. The Morgan fingerprint density at radius 1 is 0.304 bits per heavy atom. The first kappa shape index (κ1) is 45.9. The van der Waals surface area contributed by atoms with Crippen molar-refractivity contribution >= 4 is 28.0 Å². The van der Waals surface area contributed by atoms with Gasteiger partial charge in [-0.1, -0.05) is 13.8 Å². The SMILES string of the molecule is CCC(CC)C[NH+](CC)CC.Fc1c(F)c(F)c([B-](c2c(F)c(F)c(F)c(F)c2F)(c2c(F)c(F)c(F)c(F)c2F)c2c(F)c(F)c(F)c(F)c2F)c(F)c1F. The van der Waals surface area contributed by atoms with E-state index >= 15 is 35.1 Å². The summed E-state index contributed by atoms with van der Waals surface area (Å²) in [6.07, 6.45) is -4.52. The van der Waals surface area contributed by atoms with Gasteiger partial charge in [0.1, 0.15) is 52.7 Å². The van der Waals surface area contributed by atoms with E-state index in [0.717, 1.165) is 5.92 Å². The smallest absolute Gasteiger partial charge is 0.200 e. The summed E-state index contributed by atoms with van der Waals surface area (Å²) in [6.45, 7) is 13.1. The maximum atomic E-state index is 15.4. The molecule has 56 heavy (non-hydrogen) atoms. The summed E-state index contributed by atoms with van der Waals surface area (Å²) < 4.78 is 294. The number of benzene rings is 4. The number of nitrogens with one attached hydrogen (secondary N) is 1. The van der Waals surface area contributed by atoms with Crippen LogP contribution in [0.4, 0.5) is 87.8 Å². The first-order valence-electron chi connectivity index (χ1n) is 16.0. The number of hydrogen-bond acceptors (Lipinski definition) is 0. The molecular formula is C34H24BF20N. The van der Waals surface area contributed by atoms with Crippen LogP contribution in [0.3, 0.4) is 0 Å². The van der Waals surface area contributed by atoms with Crippen molar-refractivity contribution in [2.45, 2.75) is 40.5 Å². The molecule has 0 heterocycles. The molecule has 308 valence electrons. The summed E-state index contributed by atoms with van der Waals surface area (Å²) in [6, 6.07) is 0. The first-order valence-corrected chi connectivity index (χ1v) is 16.0. The lowest BCUT2D eigenvalue weighted by molar-refractivity contribution is -0.900. The van der Waals surface area contributed by atoms with E-state index in [9.17, 15) is 52.7 Å². The molecule has 0 amide bonds. The van der Waals surface area contributed by atoms with Crippen LogP contribution in [-0.4, -0.2) is 25.8 Å². The van der Waals surface area contributed by atoms with E-state index in [0.29, 0.717) is 0 Å². The summed E-state index contributed by atoms with van der Waals surface area (Å²) in [4.78, 5) is 1.75. The van der Waals surface area contributed by atoms with Crippen LogP contribution in [0.15, 0.2) is 0 Å². The van der Waals surface area contributed by atoms with Gasteiger partial charge < -0.3 is 4.90 Å². The van der Waals surface area contributed by atoms with Crippen LogP contribution in [0.5, 0.6) is 0 Å². The molecule has 0 aromatic heterocycles. The van der Waals surface area contributed by atoms with Crippen LogP contribution in [-0.2, 0) is 0 Å².